The van der Waals surface area contributed by atoms with Crippen molar-refractivity contribution in [3.8, 4) is 11.4 Å². The second-order valence-electron chi connectivity index (χ2n) is 12.7. The van der Waals surface area contributed by atoms with E-state index in [1.807, 2.05) is 6.92 Å². The Kier molecular flexibility index (Phi) is 9.63. The number of thioether (sulfide) groups is 1. The third-order valence-electron chi connectivity index (χ3n) is 7.80. The smallest absolute Gasteiger partial charge is 0.408 e. The van der Waals surface area contributed by atoms with Crippen molar-refractivity contribution in [1.82, 2.24) is 20.4 Å². The van der Waals surface area contributed by atoms with Gasteiger partial charge in [-0.1, -0.05) is 35.8 Å². The fourth-order valence-corrected chi connectivity index (χ4v) is 6.53. The van der Waals surface area contributed by atoms with E-state index in [-0.39, 0.29) is 42.7 Å². The second kappa shape index (κ2) is 13.0. The number of hydrogen-bond donors (Lipinski definition) is 1. The number of piperidine rings is 1. The largest absolute Gasteiger partial charge is 0.444 e. The van der Waals surface area contributed by atoms with E-state index >= 15 is 4.39 Å². The molecule has 46 heavy (non-hydrogen) atoms. The molecule has 0 radical (unpaired) electrons. The van der Waals surface area contributed by atoms with Gasteiger partial charge in [-0.05, 0) is 76.5 Å². The summed E-state index contributed by atoms with van der Waals surface area (Å²) in [5.74, 6) is -0.811. The number of anilines is 1. The van der Waals surface area contributed by atoms with E-state index in [4.69, 9.17) is 20.9 Å². The molecule has 1 aromatic heterocycles. The van der Waals surface area contributed by atoms with Crippen molar-refractivity contribution in [2.75, 3.05) is 30.3 Å². The number of halogens is 5. The molecular formula is C31H34ClF4N5O4S. The van der Waals surface area contributed by atoms with Crippen molar-refractivity contribution in [2.24, 2.45) is 0 Å². The number of carbonyl (C=O) groups is 2. The lowest BCUT2D eigenvalue weighted by atomic mass is 9.80. The molecule has 1 fully saturated rings. The lowest BCUT2D eigenvalue weighted by Gasteiger charge is -2.37. The number of fused-ring (bicyclic) bond motifs is 1. The van der Waals surface area contributed by atoms with Crippen molar-refractivity contribution >= 4 is 41.1 Å². The average molecular weight is 684 g/mol. The molecule has 3 heterocycles. The molecule has 0 bridgehead atoms. The van der Waals surface area contributed by atoms with Gasteiger partial charge in [-0.25, -0.2) is 9.18 Å². The molecule has 1 saturated heterocycles. The molecule has 1 N–H and O–H groups in total. The summed E-state index contributed by atoms with van der Waals surface area (Å²) in [4.78, 5) is 34.3. The fourth-order valence-electron chi connectivity index (χ4n) is 5.33. The zero-order valence-electron chi connectivity index (χ0n) is 25.7. The number of likely N-dealkylation sites (tertiary alicyclic amines) is 1. The first-order chi connectivity index (χ1) is 21.5. The number of hydrogen-bond acceptors (Lipinski definition) is 8. The minimum Gasteiger partial charge on any atom is -0.444 e. The molecule has 248 valence electrons. The topological polar surface area (TPSA) is 101 Å². The zero-order valence-corrected chi connectivity index (χ0v) is 27.3. The highest BCUT2D eigenvalue weighted by Crippen LogP contribution is 2.41. The number of ether oxygens (including phenoxy) is 1. The number of alkyl halides is 3. The summed E-state index contributed by atoms with van der Waals surface area (Å²) in [6.45, 7) is 6.46. The summed E-state index contributed by atoms with van der Waals surface area (Å²) < 4.78 is 65.3. The van der Waals surface area contributed by atoms with Crippen LogP contribution in [0.4, 0.5) is 28.0 Å². The molecule has 2 aliphatic heterocycles. The Bertz CT molecular complexity index is 1590. The molecule has 2 aliphatic rings. The highest BCUT2D eigenvalue weighted by Gasteiger charge is 2.40. The highest BCUT2D eigenvalue weighted by molar-refractivity contribution is 7.99. The SMILES string of the molecule is CC(C)(C)OC(=O)N[C@H]1CSc2cc(F)c(-c3noc(C4(C)CCN(CC(F)(F)F)CC4)n3)cc2N(Cc2ccc(Cl)cc2)C1=O. The lowest BCUT2D eigenvalue weighted by Crippen LogP contribution is -2.50. The minimum atomic E-state index is -4.29. The van der Waals surface area contributed by atoms with Gasteiger partial charge in [-0.2, -0.15) is 18.2 Å². The van der Waals surface area contributed by atoms with Crippen LogP contribution in [0.3, 0.4) is 0 Å². The maximum atomic E-state index is 15.7. The Morgan fingerprint density at radius 2 is 1.85 bits per heavy atom. The predicted octanol–water partition coefficient (Wildman–Crippen LogP) is 6.98. The van der Waals surface area contributed by atoms with Crippen molar-refractivity contribution in [2.45, 2.75) is 75.2 Å². The van der Waals surface area contributed by atoms with Crippen LogP contribution in [0.25, 0.3) is 11.4 Å². The van der Waals surface area contributed by atoms with Crippen LogP contribution in [-0.4, -0.2) is 70.2 Å². The Morgan fingerprint density at radius 1 is 1.17 bits per heavy atom. The average Bonchev–Trinajstić information content (AvgIpc) is 3.42. The van der Waals surface area contributed by atoms with E-state index in [1.54, 1.807) is 45.0 Å². The van der Waals surface area contributed by atoms with E-state index < -0.39 is 47.6 Å². The Balaban J connectivity index is 1.45. The Morgan fingerprint density at radius 3 is 2.48 bits per heavy atom. The summed E-state index contributed by atoms with van der Waals surface area (Å²) in [5, 5.41) is 7.20. The second-order valence-corrected chi connectivity index (χ2v) is 14.2. The summed E-state index contributed by atoms with van der Waals surface area (Å²) in [6.07, 6.45) is -4.35. The number of alkyl carbamates (subject to hydrolysis) is 1. The number of carbonyl (C=O) groups excluding carboxylic acids is 2. The molecule has 0 unspecified atom stereocenters. The van der Waals surface area contributed by atoms with E-state index in [9.17, 15) is 22.8 Å². The van der Waals surface area contributed by atoms with E-state index in [1.165, 1.54) is 33.7 Å². The van der Waals surface area contributed by atoms with E-state index in [0.717, 1.165) is 5.56 Å². The first-order valence-corrected chi connectivity index (χ1v) is 16.0. The van der Waals surface area contributed by atoms with Crippen molar-refractivity contribution in [3.05, 3.63) is 58.7 Å². The molecule has 0 aliphatic carbocycles. The van der Waals surface area contributed by atoms with Crippen LogP contribution >= 0.6 is 23.4 Å². The third kappa shape index (κ3) is 8.13. The van der Waals surface area contributed by atoms with Crippen molar-refractivity contribution < 1.29 is 36.4 Å². The van der Waals surface area contributed by atoms with Crippen molar-refractivity contribution in [3.63, 3.8) is 0 Å². The molecule has 3 aromatic rings. The van der Waals surface area contributed by atoms with Crippen molar-refractivity contribution in [1.29, 1.82) is 0 Å². The van der Waals surface area contributed by atoms with Crippen LogP contribution in [0.1, 0.15) is 52.0 Å². The maximum Gasteiger partial charge on any atom is 0.408 e. The van der Waals surface area contributed by atoms with E-state index in [2.05, 4.69) is 15.5 Å². The Hall–Kier alpha value is -3.36. The Labute approximate surface area is 273 Å². The summed E-state index contributed by atoms with van der Waals surface area (Å²) in [5.41, 5.74) is -0.366. The van der Waals surface area contributed by atoms with Crippen LogP contribution in [0.5, 0.6) is 0 Å². The summed E-state index contributed by atoms with van der Waals surface area (Å²) in [6, 6.07) is 8.70. The molecule has 9 nitrogen and oxygen atoms in total. The van der Waals surface area contributed by atoms with Gasteiger partial charge in [0.15, 0.2) is 0 Å². The van der Waals surface area contributed by atoms with Crippen LogP contribution in [-0.2, 0) is 21.5 Å². The molecule has 2 aromatic carbocycles. The van der Waals surface area contributed by atoms with Crippen LogP contribution in [0.15, 0.2) is 45.8 Å². The lowest BCUT2D eigenvalue weighted by molar-refractivity contribution is -0.149. The van der Waals surface area contributed by atoms with Crippen LogP contribution < -0.4 is 10.2 Å². The van der Waals surface area contributed by atoms with Gasteiger partial charge < -0.3 is 19.5 Å². The molecule has 0 spiro atoms. The van der Waals surface area contributed by atoms with E-state index in [0.29, 0.717) is 28.4 Å². The molecule has 0 saturated carbocycles. The number of benzene rings is 2. The predicted molar refractivity (Wildman–Crippen MR) is 165 cm³/mol. The van der Waals surface area contributed by atoms with Gasteiger partial charge in [-0.15, -0.1) is 11.8 Å². The number of nitrogens with zero attached hydrogens (tertiary/aromatic N) is 4. The minimum absolute atomic E-state index is 0.0140. The first-order valence-electron chi connectivity index (χ1n) is 14.6. The zero-order chi connectivity index (χ0) is 33.4. The van der Waals surface area contributed by atoms with Gasteiger partial charge in [-0.3, -0.25) is 9.69 Å². The molecule has 1 atom stereocenters. The molecule has 15 heteroatoms. The van der Waals surface area contributed by atoms with Gasteiger partial charge in [0.25, 0.3) is 5.91 Å². The number of amides is 2. The monoisotopic (exact) mass is 683 g/mol. The first kappa shape index (κ1) is 34.0. The normalized spacial score (nSPS) is 19.0. The third-order valence-corrected chi connectivity index (χ3v) is 9.19. The number of aromatic nitrogens is 2. The number of nitrogens with one attached hydrogen (secondary N) is 1. The summed E-state index contributed by atoms with van der Waals surface area (Å²) >= 11 is 7.28. The van der Waals surface area contributed by atoms with Crippen LogP contribution in [0.2, 0.25) is 5.02 Å². The number of rotatable bonds is 6. The van der Waals surface area contributed by atoms with Gasteiger partial charge in [0.2, 0.25) is 11.7 Å². The summed E-state index contributed by atoms with van der Waals surface area (Å²) in [7, 11) is 0. The van der Waals surface area contributed by atoms with Gasteiger partial charge in [0.05, 0.1) is 24.3 Å². The van der Waals surface area contributed by atoms with Crippen LogP contribution in [0, 0.1) is 5.82 Å². The standard InChI is InChI=1S/C31H34ClF4N5O4S/c1-29(2,3)44-28(43)37-22-16-46-24-14-21(33)20(13-23(24)41(26(22)42)15-18-5-7-19(32)8-6-18)25-38-27(45-39-25)30(4)9-11-40(12-10-30)17-31(34,35)36/h5-8,13-14,22H,9-12,15-17H2,1-4H3,(H,37,43)/t22-/m0/s1. The quantitative estimate of drug-likeness (QED) is 0.278. The molecule has 2 amide bonds. The molecule has 5 rings (SSSR count). The van der Waals surface area contributed by atoms with Gasteiger partial charge >= 0.3 is 12.3 Å². The molecular weight excluding hydrogens is 650 g/mol. The van der Waals surface area contributed by atoms with Gasteiger partial charge in [0.1, 0.15) is 17.5 Å². The highest BCUT2D eigenvalue weighted by atomic mass is 35.5. The van der Waals surface area contributed by atoms with Gasteiger partial charge in [0, 0.05) is 21.1 Å². The fraction of sp³-hybridized carbons (Fsp3) is 0.484. The maximum absolute atomic E-state index is 15.7.